The van der Waals surface area contributed by atoms with E-state index in [2.05, 4.69) is 32.8 Å². The lowest BCUT2D eigenvalue weighted by molar-refractivity contribution is 0.345. The molecule has 0 amide bonds. The molecule has 6 heteroatoms. The number of pyridine rings is 1. The van der Waals surface area contributed by atoms with E-state index < -0.39 is 0 Å². The van der Waals surface area contributed by atoms with Crippen LogP contribution >= 0.6 is 0 Å². The van der Waals surface area contributed by atoms with E-state index in [1.807, 2.05) is 25.4 Å². The van der Waals surface area contributed by atoms with Gasteiger partial charge in [-0.05, 0) is 31.4 Å². The van der Waals surface area contributed by atoms with E-state index in [-0.39, 0.29) is 0 Å². The quantitative estimate of drug-likeness (QED) is 0.890. The third-order valence-electron chi connectivity index (χ3n) is 4.24. The van der Waals surface area contributed by atoms with Gasteiger partial charge in [0, 0.05) is 31.3 Å². The predicted octanol–water partition coefficient (Wildman–Crippen LogP) is 1.60. The van der Waals surface area contributed by atoms with Crippen LogP contribution in [0.25, 0.3) is 0 Å². The average Bonchev–Trinajstić information content (AvgIpc) is 2.45. The summed E-state index contributed by atoms with van der Waals surface area (Å²) in [5.41, 5.74) is 14.9. The van der Waals surface area contributed by atoms with Gasteiger partial charge in [0.1, 0.15) is 5.82 Å². The number of nitrogens with two attached hydrogens (primary N) is 2. The number of nitrogen functional groups attached to an aromatic ring is 1. The minimum atomic E-state index is 0.290. The zero-order valence-corrected chi connectivity index (χ0v) is 13.0. The van der Waals surface area contributed by atoms with Crippen LogP contribution in [0.4, 0.5) is 11.8 Å². The summed E-state index contributed by atoms with van der Waals surface area (Å²) < 4.78 is 0. The van der Waals surface area contributed by atoms with Crippen LogP contribution in [0.1, 0.15) is 35.7 Å². The maximum Gasteiger partial charge on any atom is 0.222 e. The molecule has 6 nitrogen and oxygen atoms in total. The van der Waals surface area contributed by atoms with Crippen LogP contribution < -0.4 is 16.4 Å². The topological polar surface area (TPSA) is 94.0 Å². The molecule has 2 aromatic rings. The fourth-order valence-electron chi connectivity index (χ4n) is 2.77. The number of nitrogens with zero attached hydrogens (tertiary/aromatic N) is 4. The molecule has 0 aromatic carbocycles. The maximum atomic E-state index is 5.88. The van der Waals surface area contributed by atoms with Crippen molar-refractivity contribution in [2.45, 2.75) is 38.3 Å². The van der Waals surface area contributed by atoms with Crippen LogP contribution in [0, 0.1) is 6.92 Å². The summed E-state index contributed by atoms with van der Waals surface area (Å²) in [5.74, 6) is 1.55. The van der Waals surface area contributed by atoms with Gasteiger partial charge in [0.2, 0.25) is 5.95 Å². The Balaban J connectivity index is 1.80. The van der Waals surface area contributed by atoms with E-state index >= 15 is 0 Å². The van der Waals surface area contributed by atoms with Gasteiger partial charge in [-0.3, -0.25) is 4.98 Å². The molecule has 0 saturated heterocycles. The summed E-state index contributed by atoms with van der Waals surface area (Å²) in [4.78, 5) is 15.2. The first-order chi connectivity index (χ1) is 10.5. The molecule has 116 valence electrons. The van der Waals surface area contributed by atoms with Crippen molar-refractivity contribution in [1.29, 1.82) is 0 Å². The molecule has 0 aliphatic heterocycles. The highest BCUT2D eigenvalue weighted by molar-refractivity contribution is 5.44. The van der Waals surface area contributed by atoms with Crippen molar-refractivity contribution >= 4 is 11.8 Å². The van der Waals surface area contributed by atoms with Crippen LogP contribution in [0.3, 0.4) is 0 Å². The molecule has 2 aromatic heterocycles. The third kappa shape index (κ3) is 3.01. The normalized spacial score (nSPS) is 20.5. The number of hydrogen-bond donors (Lipinski definition) is 2. The second-order valence-corrected chi connectivity index (χ2v) is 6.06. The molecular weight excluding hydrogens is 276 g/mol. The van der Waals surface area contributed by atoms with Gasteiger partial charge < -0.3 is 16.4 Å². The summed E-state index contributed by atoms with van der Waals surface area (Å²) >= 11 is 0. The number of aryl methyl sites for hydroxylation is 1. The minimum absolute atomic E-state index is 0.290. The van der Waals surface area contributed by atoms with Crippen LogP contribution in [0.5, 0.6) is 0 Å². The zero-order chi connectivity index (χ0) is 15.7. The highest BCUT2D eigenvalue weighted by atomic mass is 15.2. The highest BCUT2D eigenvalue weighted by Crippen LogP contribution is 2.35. The van der Waals surface area contributed by atoms with Gasteiger partial charge >= 0.3 is 0 Å². The molecular formula is C16H22N6. The van der Waals surface area contributed by atoms with Crippen molar-refractivity contribution in [2.24, 2.45) is 5.73 Å². The Morgan fingerprint density at radius 3 is 2.77 bits per heavy atom. The second-order valence-electron chi connectivity index (χ2n) is 6.06. The van der Waals surface area contributed by atoms with Crippen molar-refractivity contribution in [2.75, 3.05) is 17.7 Å². The van der Waals surface area contributed by atoms with Gasteiger partial charge in [0.15, 0.2) is 0 Å². The fourth-order valence-corrected chi connectivity index (χ4v) is 2.77. The lowest BCUT2D eigenvalue weighted by atomic mass is 9.78. The Hall–Kier alpha value is -2.21. The van der Waals surface area contributed by atoms with Gasteiger partial charge in [-0.1, -0.05) is 6.07 Å². The van der Waals surface area contributed by atoms with E-state index in [4.69, 9.17) is 11.5 Å². The number of anilines is 2. The Kier molecular flexibility index (Phi) is 3.94. The zero-order valence-electron chi connectivity index (χ0n) is 13.0. The Bertz CT molecular complexity index is 665. The van der Waals surface area contributed by atoms with E-state index in [9.17, 15) is 0 Å². The molecule has 3 rings (SSSR count). The molecule has 0 radical (unpaired) electrons. The molecule has 1 aliphatic carbocycles. The molecule has 1 aliphatic rings. The second kappa shape index (κ2) is 5.88. The van der Waals surface area contributed by atoms with Crippen molar-refractivity contribution in [3.05, 3.63) is 41.3 Å². The average molecular weight is 298 g/mol. The molecule has 2 heterocycles. The molecule has 1 saturated carbocycles. The summed E-state index contributed by atoms with van der Waals surface area (Å²) in [7, 11) is 1.99. The molecule has 22 heavy (non-hydrogen) atoms. The SMILES string of the molecule is Cc1cccnc1CN(C)c1cc(C2CC(N)C2)nc(N)n1. The van der Waals surface area contributed by atoms with E-state index in [1.165, 1.54) is 5.56 Å². The van der Waals surface area contributed by atoms with Gasteiger partial charge in [-0.2, -0.15) is 4.98 Å². The van der Waals surface area contributed by atoms with Gasteiger partial charge in [0.05, 0.1) is 17.9 Å². The summed E-state index contributed by atoms with van der Waals surface area (Å²) in [6.45, 7) is 2.75. The van der Waals surface area contributed by atoms with E-state index in [0.29, 0.717) is 24.5 Å². The Morgan fingerprint density at radius 2 is 2.09 bits per heavy atom. The van der Waals surface area contributed by atoms with Crippen LogP contribution in [0.15, 0.2) is 24.4 Å². The van der Waals surface area contributed by atoms with Gasteiger partial charge in [-0.25, -0.2) is 4.98 Å². The van der Waals surface area contributed by atoms with Crippen molar-refractivity contribution in [3.63, 3.8) is 0 Å². The van der Waals surface area contributed by atoms with Gasteiger partial charge in [-0.15, -0.1) is 0 Å². The molecule has 0 atom stereocenters. The number of rotatable bonds is 4. The smallest absolute Gasteiger partial charge is 0.222 e. The fraction of sp³-hybridized carbons (Fsp3) is 0.438. The lowest BCUT2D eigenvalue weighted by Gasteiger charge is -2.32. The Morgan fingerprint density at radius 1 is 1.32 bits per heavy atom. The first-order valence-corrected chi connectivity index (χ1v) is 7.54. The highest BCUT2D eigenvalue weighted by Gasteiger charge is 2.29. The molecule has 1 fully saturated rings. The predicted molar refractivity (Wildman–Crippen MR) is 87.5 cm³/mol. The van der Waals surface area contributed by atoms with Crippen molar-refractivity contribution in [3.8, 4) is 0 Å². The van der Waals surface area contributed by atoms with Crippen LogP contribution in [-0.4, -0.2) is 28.0 Å². The van der Waals surface area contributed by atoms with Crippen LogP contribution in [0.2, 0.25) is 0 Å². The summed E-state index contributed by atoms with van der Waals surface area (Å²) in [5, 5.41) is 0. The minimum Gasteiger partial charge on any atom is -0.368 e. The van der Waals surface area contributed by atoms with E-state index in [1.54, 1.807) is 0 Å². The van der Waals surface area contributed by atoms with Crippen LogP contribution in [-0.2, 0) is 6.54 Å². The number of hydrogen-bond acceptors (Lipinski definition) is 6. The first-order valence-electron chi connectivity index (χ1n) is 7.54. The van der Waals surface area contributed by atoms with Gasteiger partial charge in [0.25, 0.3) is 0 Å². The van der Waals surface area contributed by atoms with Crippen molar-refractivity contribution < 1.29 is 0 Å². The maximum absolute atomic E-state index is 5.88. The van der Waals surface area contributed by atoms with Crippen molar-refractivity contribution in [1.82, 2.24) is 15.0 Å². The number of aromatic nitrogens is 3. The first kappa shape index (κ1) is 14.7. The molecule has 0 spiro atoms. The molecule has 0 bridgehead atoms. The molecule has 0 unspecified atom stereocenters. The Labute approximate surface area is 130 Å². The summed E-state index contributed by atoms with van der Waals surface area (Å²) in [6, 6.07) is 6.31. The third-order valence-corrected chi connectivity index (χ3v) is 4.24. The standard InChI is InChI=1S/C16H22N6/c1-10-4-3-5-19-14(10)9-22(2)15-8-13(20-16(18)21-15)11-6-12(17)7-11/h3-5,8,11-12H,6-7,9,17H2,1-2H3,(H2,18,20,21). The largest absolute Gasteiger partial charge is 0.368 e. The summed E-state index contributed by atoms with van der Waals surface area (Å²) in [6.07, 6.45) is 3.75. The monoisotopic (exact) mass is 298 g/mol. The van der Waals surface area contributed by atoms with E-state index in [0.717, 1.165) is 30.0 Å². The molecule has 4 N–H and O–H groups in total. The lowest BCUT2D eigenvalue weighted by Crippen LogP contribution is -2.35.